The number of carbonyl (C=O) groups is 1. The first-order chi connectivity index (χ1) is 11.4. The first-order valence-corrected chi connectivity index (χ1v) is 9.47. The van der Waals surface area contributed by atoms with Crippen molar-refractivity contribution in [1.82, 2.24) is 20.8 Å². The summed E-state index contributed by atoms with van der Waals surface area (Å²) < 4.78 is 28.0. The monoisotopic (exact) mass is 386 g/mol. The molecule has 0 aliphatic carbocycles. The number of carbonyl (C=O) groups excluding carboxylic acids is 1. The Morgan fingerprint density at radius 3 is 2.68 bits per heavy atom. The van der Waals surface area contributed by atoms with E-state index in [9.17, 15) is 13.2 Å². The third kappa shape index (κ3) is 4.77. The van der Waals surface area contributed by atoms with Crippen LogP contribution in [-0.2, 0) is 21.2 Å². The highest BCUT2D eigenvalue weighted by Gasteiger charge is 2.22. The number of nitrogens with zero attached hydrogens (tertiary/aromatic N) is 2. The fraction of sp³-hybridized carbons (Fsp3) is 0.400. The van der Waals surface area contributed by atoms with Crippen LogP contribution in [0.3, 0.4) is 0 Å². The van der Waals surface area contributed by atoms with Crippen LogP contribution in [0.5, 0.6) is 0 Å². The molecule has 2 heterocycles. The van der Waals surface area contributed by atoms with Crippen LogP contribution in [0.25, 0.3) is 11.4 Å². The first-order valence-electron chi connectivity index (χ1n) is 7.57. The van der Waals surface area contributed by atoms with Crippen LogP contribution in [0.1, 0.15) is 18.7 Å². The van der Waals surface area contributed by atoms with E-state index in [1.807, 2.05) is 0 Å². The highest BCUT2D eigenvalue weighted by atomic mass is 35.5. The number of sulfone groups is 1. The molecule has 8 nitrogen and oxygen atoms in total. The molecule has 0 radical (unpaired) electrons. The number of aromatic nitrogens is 2. The number of hydrogen-bond donors (Lipinski definition) is 2. The van der Waals surface area contributed by atoms with Crippen LogP contribution in [0.2, 0.25) is 0 Å². The van der Waals surface area contributed by atoms with Gasteiger partial charge in [0.05, 0.1) is 17.5 Å². The minimum Gasteiger partial charge on any atom is -0.346 e. The summed E-state index contributed by atoms with van der Waals surface area (Å²) in [5.41, 5.74) is 0.640. The van der Waals surface area contributed by atoms with E-state index in [2.05, 4.69) is 20.8 Å². The lowest BCUT2D eigenvalue weighted by Crippen LogP contribution is -2.40. The van der Waals surface area contributed by atoms with Crippen molar-refractivity contribution in [3.8, 4) is 11.4 Å². The summed E-state index contributed by atoms with van der Waals surface area (Å²) in [7, 11) is -3.24. The van der Waals surface area contributed by atoms with Crippen molar-refractivity contribution in [3.05, 3.63) is 30.2 Å². The number of halogens is 1. The summed E-state index contributed by atoms with van der Waals surface area (Å²) in [6.07, 6.45) is 2.97. The predicted octanol–water partition coefficient (Wildman–Crippen LogP) is 0.930. The van der Waals surface area contributed by atoms with Gasteiger partial charge in [-0.3, -0.25) is 4.79 Å². The zero-order valence-electron chi connectivity index (χ0n) is 13.6. The second kappa shape index (κ2) is 7.94. The molecule has 1 aromatic carbocycles. The number of rotatable bonds is 5. The molecule has 1 aromatic heterocycles. The van der Waals surface area contributed by atoms with Gasteiger partial charge in [0.15, 0.2) is 9.84 Å². The summed E-state index contributed by atoms with van der Waals surface area (Å²) >= 11 is 0. The lowest BCUT2D eigenvalue weighted by molar-refractivity contribution is -0.123. The van der Waals surface area contributed by atoms with Gasteiger partial charge in [-0.2, -0.15) is 4.98 Å². The lowest BCUT2D eigenvalue weighted by atomic mass is 10.2. The van der Waals surface area contributed by atoms with E-state index in [4.69, 9.17) is 4.52 Å². The van der Waals surface area contributed by atoms with Crippen LogP contribution in [0.15, 0.2) is 33.7 Å². The first kappa shape index (κ1) is 19.4. The molecule has 1 atom stereocenters. The van der Waals surface area contributed by atoms with Crippen molar-refractivity contribution in [3.63, 3.8) is 0 Å². The third-order valence-electron chi connectivity index (χ3n) is 3.80. The lowest BCUT2D eigenvalue weighted by Gasteiger charge is -2.08. The Bertz CT molecular complexity index is 829. The highest BCUT2D eigenvalue weighted by molar-refractivity contribution is 7.90. The van der Waals surface area contributed by atoms with Crippen molar-refractivity contribution in [2.45, 2.75) is 30.3 Å². The molecule has 3 rings (SSSR count). The van der Waals surface area contributed by atoms with Crippen molar-refractivity contribution in [2.24, 2.45) is 0 Å². The maximum Gasteiger partial charge on any atom is 0.246 e. The molecule has 1 aliphatic heterocycles. The maximum atomic E-state index is 11.9. The van der Waals surface area contributed by atoms with Gasteiger partial charge in [-0.15, -0.1) is 12.4 Å². The second-order valence-corrected chi connectivity index (χ2v) is 7.69. The molecule has 25 heavy (non-hydrogen) atoms. The SMILES string of the molecule is CS(=O)(=O)c1ccc(-c2noc(CNC(=O)C3CCCN3)n2)cc1.Cl. The molecule has 2 N–H and O–H groups in total. The molecule has 1 aliphatic rings. The molecule has 10 heteroatoms. The van der Waals surface area contributed by atoms with Crippen LogP contribution in [0.4, 0.5) is 0 Å². The van der Waals surface area contributed by atoms with Gasteiger partial charge in [0.25, 0.3) is 0 Å². The van der Waals surface area contributed by atoms with Gasteiger partial charge in [-0.1, -0.05) is 5.16 Å². The van der Waals surface area contributed by atoms with E-state index < -0.39 is 9.84 Å². The third-order valence-corrected chi connectivity index (χ3v) is 4.93. The fourth-order valence-electron chi connectivity index (χ4n) is 2.49. The van der Waals surface area contributed by atoms with E-state index in [0.717, 1.165) is 25.6 Å². The summed E-state index contributed by atoms with van der Waals surface area (Å²) in [5, 5.41) is 9.72. The van der Waals surface area contributed by atoms with Gasteiger partial charge in [0.1, 0.15) is 0 Å². The van der Waals surface area contributed by atoms with Gasteiger partial charge < -0.3 is 15.2 Å². The zero-order valence-corrected chi connectivity index (χ0v) is 15.2. The molecule has 2 aromatic rings. The Morgan fingerprint density at radius 1 is 1.36 bits per heavy atom. The summed E-state index contributed by atoms with van der Waals surface area (Å²) in [6.45, 7) is 1.01. The Kier molecular flexibility index (Phi) is 6.15. The molecule has 1 fully saturated rings. The number of nitrogens with one attached hydrogen (secondary N) is 2. The van der Waals surface area contributed by atoms with E-state index in [1.165, 1.54) is 12.1 Å². The number of amides is 1. The molecule has 0 bridgehead atoms. The fourth-order valence-corrected chi connectivity index (χ4v) is 3.12. The van der Waals surface area contributed by atoms with Crippen molar-refractivity contribution in [1.29, 1.82) is 0 Å². The predicted molar refractivity (Wildman–Crippen MR) is 93.0 cm³/mol. The number of hydrogen-bond acceptors (Lipinski definition) is 7. The van der Waals surface area contributed by atoms with Gasteiger partial charge in [0, 0.05) is 11.8 Å². The standard InChI is InChI=1S/C15H18N4O4S.ClH/c1-24(21,22)11-6-4-10(5-7-11)14-18-13(23-19-14)9-17-15(20)12-3-2-8-16-12;/h4-7,12,16H,2-3,8-9H2,1H3,(H,17,20);1H. The molecular formula is C15H19ClN4O4S. The van der Waals surface area contributed by atoms with Crippen molar-refractivity contribution in [2.75, 3.05) is 12.8 Å². The average Bonchev–Trinajstić information content (AvgIpc) is 3.23. The Hall–Kier alpha value is -1.97. The normalized spacial score (nSPS) is 17.1. The van der Waals surface area contributed by atoms with Crippen molar-refractivity contribution >= 4 is 28.2 Å². The zero-order chi connectivity index (χ0) is 17.2. The molecule has 136 valence electrons. The Balaban J connectivity index is 0.00000225. The molecule has 1 unspecified atom stereocenters. The topological polar surface area (TPSA) is 114 Å². The summed E-state index contributed by atoms with van der Waals surface area (Å²) in [6, 6.07) is 6.07. The molecule has 0 saturated carbocycles. The van der Waals surface area contributed by atoms with Crippen molar-refractivity contribution < 1.29 is 17.7 Å². The largest absolute Gasteiger partial charge is 0.346 e. The maximum absolute atomic E-state index is 11.9. The van der Waals surface area contributed by atoms with Gasteiger partial charge >= 0.3 is 0 Å². The van der Waals surface area contributed by atoms with E-state index in [1.54, 1.807) is 12.1 Å². The second-order valence-electron chi connectivity index (χ2n) is 5.68. The van der Waals surface area contributed by atoms with Crippen LogP contribution >= 0.6 is 12.4 Å². The van der Waals surface area contributed by atoms with E-state index in [-0.39, 0.29) is 35.8 Å². The van der Waals surface area contributed by atoms with Gasteiger partial charge in [0.2, 0.25) is 17.6 Å². The van der Waals surface area contributed by atoms with Crippen LogP contribution < -0.4 is 10.6 Å². The Morgan fingerprint density at radius 2 is 2.08 bits per heavy atom. The number of benzene rings is 1. The van der Waals surface area contributed by atoms with Crippen LogP contribution in [0, 0.1) is 0 Å². The van der Waals surface area contributed by atoms with E-state index >= 15 is 0 Å². The molecule has 1 amide bonds. The molecule has 1 saturated heterocycles. The summed E-state index contributed by atoms with van der Waals surface area (Å²) in [5.74, 6) is 0.562. The quantitative estimate of drug-likeness (QED) is 0.785. The minimum atomic E-state index is -3.24. The van der Waals surface area contributed by atoms with Gasteiger partial charge in [-0.05, 0) is 43.7 Å². The van der Waals surface area contributed by atoms with Gasteiger partial charge in [-0.25, -0.2) is 8.42 Å². The summed E-state index contributed by atoms with van der Waals surface area (Å²) in [4.78, 5) is 16.3. The van der Waals surface area contributed by atoms with E-state index in [0.29, 0.717) is 17.3 Å². The minimum absolute atomic E-state index is 0. The van der Waals surface area contributed by atoms with Crippen LogP contribution in [-0.4, -0.2) is 43.3 Å². The molecule has 0 spiro atoms. The Labute approximate surface area is 151 Å². The smallest absolute Gasteiger partial charge is 0.246 e. The average molecular weight is 387 g/mol. The highest BCUT2D eigenvalue weighted by Crippen LogP contribution is 2.18. The molecular weight excluding hydrogens is 368 g/mol.